The largest absolute Gasteiger partial charge is 0.292 e. The van der Waals surface area contributed by atoms with Gasteiger partial charge >= 0.3 is 0 Å². The Morgan fingerprint density at radius 1 is 1.25 bits per heavy atom. The Balaban J connectivity index is 2.56. The second-order valence-electron chi connectivity index (χ2n) is 3.44. The van der Waals surface area contributed by atoms with E-state index in [1.165, 1.54) is 0 Å². The quantitative estimate of drug-likeness (QED) is 0.723. The van der Waals surface area contributed by atoms with Gasteiger partial charge in [0.25, 0.3) is 6.43 Å². The van der Waals surface area contributed by atoms with Crippen molar-refractivity contribution in [1.29, 1.82) is 0 Å². The van der Waals surface area contributed by atoms with Crippen molar-refractivity contribution in [2.24, 2.45) is 0 Å². The van der Waals surface area contributed by atoms with E-state index in [4.69, 9.17) is 11.6 Å². The van der Waals surface area contributed by atoms with Crippen LogP contribution in [-0.4, -0.2) is 30.3 Å². The van der Waals surface area contributed by atoms with Crippen molar-refractivity contribution in [1.82, 2.24) is 4.90 Å². The molecule has 0 aromatic heterocycles. The molecule has 0 atom stereocenters. The molecule has 0 aliphatic rings. The first-order chi connectivity index (χ1) is 7.61. The van der Waals surface area contributed by atoms with Gasteiger partial charge in [0.15, 0.2) is 0 Å². The van der Waals surface area contributed by atoms with Crippen LogP contribution in [0.25, 0.3) is 0 Å². The lowest BCUT2D eigenvalue weighted by Crippen LogP contribution is -2.30. The van der Waals surface area contributed by atoms with Crippen LogP contribution in [0, 0.1) is 0 Å². The molecule has 0 N–H and O–H groups in total. The van der Waals surface area contributed by atoms with Crippen LogP contribution in [0.15, 0.2) is 28.7 Å². The second kappa shape index (κ2) is 7.20. The highest BCUT2D eigenvalue weighted by atomic mass is 79.9. The molecule has 0 unspecified atom stereocenters. The fraction of sp³-hybridized carbons (Fsp3) is 0.455. The van der Waals surface area contributed by atoms with E-state index >= 15 is 0 Å². The van der Waals surface area contributed by atoms with Crippen LogP contribution in [0.1, 0.15) is 5.56 Å². The van der Waals surface area contributed by atoms with Gasteiger partial charge in [0, 0.05) is 23.4 Å². The molecule has 1 nitrogen and oxygen atoms in total. The monoisotopic (exact) mass is 311 g/mol. The zero-order valence-electron chi connectivity index (χ0n) is 8.67. The van der Waals surface area contributed by atoms with Crippen LogP contribution in [0.5, 0.6) is 0 Å². The number of nitrogens with zero attached hydrogens (tertiary/aromatic N) is 1. The molecule has 0 bridgehead atoms. The SMILES string of the molecule is FC(F)CN(CCCl)Cc1ccc(Br)cc1. The van der Waals surface area contributed by atoms with Crippen molar-refractivity contribution < 1.29 is 8.78 Å². The summed E-state index contributed by atoms with van der Waals surface area (Å²) in [7, 11) is 0. The second-order valence-corrected chi connectivity index (χ2v) is 4.74. The van der Waals surface area contributed by atoms with Crippen molar-refractivity contribution in [2.75, 3.05) is 19.0 Å². The molecule has 1 aromatic carbocycles. The average Bonchev–Trinajstić information content (AvgIpc) is 2.21. The molecule has 16 heavy (non-hydrogen) atoms. The highest BCUT2D eigenvalue weighted by Gasteiger charge is 2.11. The first-order valence-electron chi connectivity index (χ1n) is 4.92. The number of halogens is 4. The molecule has 0 heterocycles. The van der Waals surface area contributed by atoms with E-state index in [0.717, 1.165) is 10.0 Å². The van der Waals surface area contributed by atoms with Crippen molar-refractivity contribution in [2.45, 2.75) is 13.0 Å². The summed E-state index contributed by atoms with van der Waals surface area (Å²) in [6.45, 7) is 0.745. The summed E-state index contributed by atoms with van der Waals surface area (Å²) in [6.07, 6.45) is -2.32. The Bertz CT molecular complexity index is 305. The minimum atomic E-state index is -2.32. The van der Waals surface area contributed by atoms with E-state index in [1.807, 2.05) is 24.3 Å². The number of benzene rings is 1. The molecule has 90 valence electrons. The Morgan fingerprint density at radius 2 is 1.88 bits per heavy atom. The van der Waals surface area contributed by atoms with Crippen LogP contribution in [0.4, 0.5) is 8.78 Å². The third-order valence-corrected chi connectivity index (χ3v) is 2.81. The van der Waals surface area contributed by atoms with E-state index in [1.54, 1.807) is 4.90 Å². The fourth-order valence-electron chi connectivity index (χ4n) is 1.40. The third kappa shape index (κ3) is 5.23. The van der Waals surface area contributed by atoms with Gasteiger partial charge in [0.2, 0.25) is 0 Å². The topological polar surface area (TPSA) is 3.24 Å². The van der Waals surface area contributed by atoms with E-state index in [0.29, 0.717) is 19.0 Å². The minimum Gasteiger partial charge on any atom is -0.292 e. The zero-order chi connectivity index (χ0) is 12.0. The van der Waals surface area contributed by atoms with Gasteiger partial charge in [-0.3, -0.25) is 4.90 Å². The molecule has 0 fully saturated rings. The Hall–Kier alpha value is -0.190. The summed E-state index contributed by atoms with van der Waals surface area (Å²) >= 11 is 8.91. The van der Waals surface area contributed by atoms with Gasteiger partial charge in [-0.05, 0) is 17.7 Å². The van der Waals surface area contributed by atoms with E-state index in [9.17, 15) is 8.78 Å². The lowest BCUT2D eigenvalue weighted by molar-refractivity contribution is 0.0878. The lowest BCUT2D eigenvalue weighted by Gasteiger charge is -2.20. The van der Waals surface area contributed by atoms with Crippen molar-refractivity contribution in [3.05, 3.63) is 34.3 Å². The van der Waals surface area contributed by atoms with Crippen LogP contribution < -0.4 is 0 Å². The maximum atomic E-state index is 12.3. The molecule has 5 heteroatoms. The molecule has 0 radical (unpaired) electrons. The number of hydrogen-bond donors (Lipinski definition) is 0. The molecule has 0 aliphatic heterocycles. The van der Waals surface area contributed by atoms with Gasteiger partial charge < -0.3 is 0 Å². The Kier molecular flexibility index (Phi) is 6.24. The first kappa shape index (κ1) is 13.9. The molecule has 0 aliphatic carbocycles. The lowest BCUT2D eigenvalue weighted by atomic mass is 10.2. The Labute approximate surface area is 108 Å². The standard InChI is InChI=1S/C11H13BrClF2N/c12-10-3-1-9(2-4-10)7-16(6-5-13)8-11(14)15/h1-4,11H,5-8H2. The van der Waals surface area contributed by atoms with Gasteiger partial charge in [0.05, 0.1) is 6.54 Å². The fourth-order valence-corrected chi connectivity index (χ4v) is 1.90. The summed E-state index contributed by atoms with van der Waals surface area (Å²) in [6, 6.07) is 7.63. The van der Waals surface area contributed by atoms with Gasteiger partial charge in [-0.25, -0.2) is 8.78 Å². The molecule has 0 saturated heterocycles. The van der Waals surface area contributed by atoms with Crippen molar-refractivity contribution >= 4 is 27.5 Å². The summed E-state index contributed by atoms with van der Waals surface area (Å²) in [5.74, 6) is 0.364. The number of hydrogen-bond acceptors (Lipinski definition) is 1. The van der Waals surface area contributed by atoms with Gasteiger partial charge in [-0.1, -0.05) is 28.1 Å². The first-order valence-corrected chi connectivity index (χ1v) is 6.25. The predicted molar refractivity (Wildman–Crippen MR) is 66.1 cm³/mol. The van der Waals surface area contributed by atoms with E-state index < -0.39 is 6.43 Å². The third-order valence-electron chi connectivity index (χ3n) is 2.12. The highest BCUT2D eigenvalue weighted by molar-refractivity contribution is 9.10. The smallest absolute Gasteiger partial charge is 0.251 e. The van der Waals surface area contributed by atoms with E-state index in [2.05, 4.69) is 15.9 Å². The van der Waals surface area contributed by atoms with Crippen LogP contribution in [-0.2, 0) is 6.54 Å². The van der Waals surface area contributed by atoms with Gasteiger partial charge in [-0.15, -0.1) is 11.6 Å². The highest BCUT2D eigenvalue weighted by Crippen LogP contribution is 2.13. The number of rotatable bonds is 6. The molecular formula is C11H13BrClF2N. The van der Waals surface area contributed by atoms with Crippen LogP contribution >= 0.6 is 27.5 Å². The van der Waals surface area contributed by atoms with Crippen LogP contribution in [0.3, 0.4) is 0 Å². The maximum Gasteiger partial charge on any atom is 0.251 e. The van der Waals surface area contributed by atoms with Crippen molar-refractivity contribution in [3.8, 4) is 0 Å². The van der Waals surface area contributed by atoms with Crippen LogP contribution in [0.2, 0.25) is 0 Å². The number of alkyl halides is 3. The zero-order valence-corrected chi connectivity index (χ0v) is 11.0. The summed E-state index contributed by atoms with van der Waals surface area (Å²) in [4.78, 5) is 1.65. The normalized spacial score (nSPS) is 11.4. The Morgan fingerprint density at radius 3 is 2.38 bits per heavy atom. The van der Waals surface area contributed by atoms with E-state index in [-0.39, 0.29) is 6.54 Å². The average molecular weight is 313 g/mol. The van der Waals surface area contributed by atoms with Gasteiger partial charge in [-0.2, -0.15) is 0 Å². The molecule has 0 spiro atoms. The summed E-state index contributed by atoms with van der Waals surface area (Å²) in [5, 5.41) is 0. The molecule has 0 amide bonds. The summed E-state index contributed by atoms with van der Waals surface area (Å²) in [5.41, 5.74) is 1.01. The molecular weight excluding hydrogens is 299 g/mol. The molecule has 1 rings (SSSR count). The minimum absolute atomic E-state index is 0.233. The van der Waals surface area contributed by atoms with Gasteiger partial charge in [0.1, 0.15) is 0 Å². The predicted octanol–water partition coefficient (Wildman–Crippen LogP) is 3.76. The maximum absolute atomic E-state index is 12.3. The molecule has 1 aromatic rings. The molecule has 0 saturated carbocycles. The van der Waals surface area contributed by atoms with Crippen molar-refractivity contribution in [3.63, 3.8) is 0 Å². The summed E-state index contributed by atoms with van der Waals surface area (Å²) < 4.78 is 25.5.